The summed E-state index contributed by atoms with van der Waals surface area (Å²) in [7, 11) is 0. The van der Waals surface area contributed by atoms with Gasteiger partial charge in [0.25, 0.3) is 0 Å². The molecule has 16 heavy (non-hydrogen) atoms. The van der Waals surface area contributed by atoms with E-state index in [1.54, 1.807) is 0 Å². The molecule has 0 radical (unpaired) electrons. The lowest BCUT2D eigenvalue weighted by atomic mass is 10.1. The van der Waals surface area contributed by atoms with Crippen LogP contribution in [0.15, 0.2) is 18.2 Å². The molecule has 2 amide bonds. The molecule has 0 saturated heterocycles. The fourth-order valence-corrected chi connectivity index (χ4v) is 1.53. The lowest BCUT2D eigenvalue weighted by Crippen LogP contribution is -2.36. The fraction of sp³-hybridized carbons (Fsp3) is 0.417. The molecule has 0 bridgehead atoms. The minimum absolute atomic E-state index is 0.0932. The molecule has 4 N–H and O–H groups in total. The average Bonchev–Trinajstić information content (AvgIpc) is 3.04. The van der Waals surface area contributed by atoms with Crippen LogP contribution < -0.4 is 16.4 Å². The van der Waals surface area contributed by atoms with Crippen molar-refractivity contribution < 1.29 is 4.79 Å². The van der Waals surface area contributed by atoms with Gasteiger partial charge in [-0.25, -0.2) is 4.79 Å². The molecule has 1 aliphatic carbocycles. The van der Waals surface area contributed by atoms with Crippen molar-refractivity contribution in [2.45, 2.75) is 32.4 Å². The molecule has 4 heteroatoms. The highest BCUT2D eigenvalue weighted by molar-refractivity contribution is 5.74. The van der Waals surface area contributed by atoms with Crippen molar-refractivity contribution in [3.05, 3.63) is 29.3 Å². The monoisotopic (exact) mass is 219 g/mol. The van der Waals surface area contributed by atoms with E-state index in [1.165, 1.54) is 0 Å². The Kier molecular flexibility index (Phi) is 2.99. The first kappa shape index (κ1) is 10.8. The molecule has 0 heterocycles. The first-order valence-electron chi connectivity index (χ1n) is 5.55. The minimum atomic E-state index is -0.0932. The molecule has 0 unspecified atom stereocenters. The average molecular weight is 219 g/mol. The molecular formula is C12H17N3O. The summed E-state index contributed by atoms with van der Waals surface area (Å²) in [5, 5.41) is 5.71. The number of hydrogen-bond acceptors (Lipinski definition) is 2. The van der Waals surface area contributed by atoms with Crippen molar-refractivity contribution in [1.29, 1.82) is 0 Å². The highest BCUT2D eigenvalue weighted by atomic mass is 16.2. The summed E-state index contributed by atoms with van der Waals surface area (Å²) in [4.78, 5) is 11.4. The molecule has 1 aromatic carbocycles. The Balaban J connectivity index is 1.88. The van der Waals surface area contributed by atoms with Gasteiger partial charge in [0, 0.05) is 18.3 Å². The SMILES string of the molecule is Cc1c(N)cccc1CNC(=O)NC1CC1. The predicted octanol–water partition coefficient (Wildman–Crippen LogP) is 1.54. The van der Waals surface area contributed by atoms with Crippen LogP contribution in [0.3, 0.4) is 0 Å². The van der Waals surface area contributed by atoms with Crippen molar-refractivity contribution in [3.63, 3.8) is 0 Å². The number of amides is 2. The summed E-state index contributed by atoms with van der Waals surface area (Å²) in [6, 6.07) is 6.04. The molecule has 0 aromatic heterocycles. The summed E-state index contributed by atoms with van der Waals surface area (Å²) < 4.78 is 0. The van der Waals surface area contributed by atoms with E-state index in [0.29, 0.717) is 12.6 Å². The van der Waals surface area contributed by atoms with Gasteiger partial charge in [-0.3, -0.25) is 0 Å². The van der Waals surface area contributed by atoms with Gasteiger partial charge in [0.05, 0.1) is 0 Å². The van der Waals surface area contributed by atoms with Crippen molar-refractivity contribution in [1.82, 2.24) is 10.6 Å². The molecule has 1 aliphatic rings. The molecule has 0 spiro atoms. The molecule has 86 valence electrons. The quantitative estimate of drug-likeness (QED) is 0.675. The van der Waals surface area contributed by atoms with Gasteiger partial charge in [-0.05, 0) is 37.0 Å². The third kappa shape index (κ3) is 2.66. The van der Waals surface area contributed by atoms with Gasteiger partial charge in [-0.1, -0.05) is 12.1 Å². The summed E-state index contributed by atoms with van der Waals surface area (Å²) in [6.07, 6.45) is 2.20. The molecular weight excluding hydrogens is 202 g/mol. The fourth-order valence-electron chi connectivity index (χ4n) is 1.53. The Morgan fingerprint density at radius 3 is 2.94 bits per heavy atom. The van der Waals surface area contributed by atoms with Gasteiger partial charge < -0.3 is 16.4 Å². The van der Waals surface area contributed by atoms with E-state index in [-0.39, 0.29) is 6.03 Å². The zero-order chi connectivity index (χ0) is 11.5. The molecule has 0 atom stereocenters. The van der Waals surface area contributed by atoms with Crippen LogP contribution in [0, 0.1) is 6.92 Å². The van der Waals surface area contributed by atoms with Gasteiger partial charge in [0.15, 0.2) is 0 Å². The van der Waals surface area contributed by atoms with Gasteiger partial charge >= 0.3 is 6.03 Å². The normalized spacial score (nSPS) is 14.6. The number of benzene rings is 1. The smallest absolute Gasteiger partial charge is 0.315 e. The van der Waals surface area contributed by atoms with Gasteiger partial charge in [0.1, 0.15) is 0 Å². The first-order chi connectivity index (χ1) is 7.66. The lowest BCUT2D eigenvalue weighted by molar-refractivity contribution is 0.240. The molecule has 1 aromatic rings. The summed E-state index contributed by atoms with van der Waals surface area (Å²) in [5.41, 5.74) is 8.65. The van der Waals surface area contributed by atoms with E-state index < -0.39 is 0 Å². The van der Waals surface area contributed by atoms with Crippen LogP contribution in [0.5, 0.6) is 0 Å². The molecule has 0 aliphatic heterocycles. The van der Waals surface area contributed by atoms with Crippen LogP contribution in [0.1, 0.15) is 24.0 Å². The standard InChI is InChI=1S/C12H17N3O/c1-8-9(3-2-4-11(8)13)7-14-12(16)15-10-5-6-10/h2-4,10H,5-7,13H2,1H3,(H2,14,15,16). The number of carbonyl (C=O) groups excluding carboxylic acids is 1. The zero-order valence-electron chi connectivity index (χ0n) is 9.42. The van der Waals surface area contributed by atoms with E-state index in [9.17, 15) is 4.79 Å². The number of rotatable bonds is 3. The second kappa shape index (κ2) is 4.43. The third-order valence-corrected chi connectivity index (χ3v) is 2.84. The predicted molar refractivity (Wildman–Crippen MR) is 64.0 cm³/mol. The van der Waals surface area contributed by atoms with Crippen molar-refractivity contribution in [2.24, 2.45) is 0 Å². The van der Waals surface area contributed by atoms with Crippen LogP contribution in [-0.4, -0.2) is 12.1 Å². The van der Waals surface area contributed by atoms with E-state index >= 15 is 0 Å². The number of nitrogens with two attached hydrogens (primary N) is 1. The van der Waals surface area contributed by atoms with Crippen LogP contribution >= 0.6 is 0 Å². The van der Waals surface area contributed by atoms with Crippen LogP contribution in [0.2, 0.25) is 0 Å². The van der Waals surface area contributed by atoms with Gasteiger partial charge in [-0.2, -0.15) is 0 Å². The van der Waals surface area contributed by atoms with Crippen LogP contribution in [-0.2, 0) is 6.54 Å². The molecule has 1 saturated carbocycles. The lowest BCUT2D eigenvalue weighted by Gasteiger charge is -2.10. The maximum absolute atomic E-state index is 11.4. The van der Waals surface area contributed by atoms with Crippen LogP contribution in [0.25, 0.3) is 0 Å². The highest BCUT2D eigenvalue weighted by Crippen LogP contribution is 2.18. The largest absolute Gasteiger partial charge is 0.399 e. The second-order valence-electron chi connectivity index (χ2n) is 4.23. The van der Waals surface area contributed by atoms with E-state index in [2.05, 4.69) is 10.6 Å². The summed E-state index contributed by atoms with van der Waals surface area (Å²) in [6.45, 7) is 2.49. The molecule has 1 fully saturated rings. The number of urea groups is 1. The summed E-state index contributed by atoms with van der Waals surface area (Å²) >= 11 is 0. The number of carbonyl (C=O) groups is 1. The number of anilines is 1. The topological polar surface area (TPSA) is 67.1 Å². The Labute approximate surface area is 95.2 Å². The Morgan fingerprint density at radius 1 is 1.50 bits per heavy atom. The minimum Gasteiger partial charge on any atom is -0.399 e. The maximum atomic E-state index is 11.4. The second-order valence-corrected chi connectivity index (χ2v) is 4.23. The van der Waals surface area contributed by atoms with Crippen molar-refractivity contribution in [2.75, 3.05) is 5.73 Å². The highest BCUT2D eigenvalue weighted by Gasteiger charge is 2.22. The zero-order valence-corrected chi connectivity index (χ0v) is 9.42. The molecule has 4 nitrogen and oxygen atoms in total. The number of hydrogen-bond donors (Lipinski definition) is 3. The summed E-state index contributed by atoms with van der Waals surface area (Å²) in [5.74, 6) is 0. The number of nitrogen functional groups attached to an aromatic ring is 1. The van der Waals surface area contributed by atoms with E-state index in [1.807, 2.05) is 25.1 Å². The van der Waals surface area contributed by atoms with E-state index in [0.717, 1.165) is 29.7 Å². The van der Waals surface area contributed by atoms with Crippen molar-refractivity contribution in [3.8, 4) is 0 Å². The number of nitrogens with one attached hydrogen (secondary N) is 2. The van der Waals surface area contributed by atoms with Gasteiger partial charge in [-0.15, -0.1) is 0 Å². The van der Waals surface area contributed by atoms with Gasteiger partial charge in [0.2, 0.25) is 0 Å². The Hall–Kier alpha value is -1.71. The Bertz CT molecular complexity index is 399. The van der Waals surface area contributed by atoms with Crippen LogP contribution in [0.4, 0.5) is 10.5 Å². The van der Waals surface area contributed by atoms with Crippen molar-refractivity contribution >= 4 is 11.7 Å². The maximum Gasteiger partial charge on any atom is 0.315 e. The van der Waals surface area contributed by atoms with E-state index in [4.69, 9.17) is 5.73 Å². The third-order valence-electron chi connectivity index (χ3n) is 2.84. The Morgan fingerprint density at radius 2 is 2.25 bits per heavy atom. The first-order valence-corrected chi connectivity index (χ1v) is 5.55. The molecule has 2 rings (SSSR count).